The Balaban J connectivity index is 2.44. The summed E-state index contributed by atoms with van der Waals surface area (Å²) in [5.74, 6) is 0. The van der Waals surface area contributed by atoms with Crippen LogP contribution in [0.25, 0.3) is 0 Å². The van der Waals surface area contributed by atoms with Gasteiger partial charge in [0.25, 0.3) is 0 Å². The monoisotopic (exact) mass is 293 g/mol. The van der Waals surface area contributed by atoms with E-state index in [9.17, 15) is 0 Å². The maximum Gasteiger partial charge on any atom is 0.0895 e. The largest absolute Gasteiger partial charge is 0.394 e. The van der Waals surface area contributed by atoms with E-state index >= 15 is 0 Å². The van der Waals surface area contributed by atoms with Crippen molar-refractivity contribution < 1.29 is 10.2 Å². The van der Waals surface area contributed by atoms with Gasteiger partial charge in [-0.2, -0.15) is 0 Å². The van der Waals surface area contributed by atoms with Crippen molar-refractivity contribution in [2.24, 2.45) is 0 Å². The molecule has 1 aromatic carbocycles. The Morgan fingerprint density at radius 1 is 1.47 bits per heavy atom. The highest BCUT2D eigenvalue weighted by atomic mass is 79.9. The van der Waals surface area contributed by atoms with E-state index in [0.717, 1.165) is 10.0 Å². The van der Waals surface area contributed by atoms with Crippen LogP contribution in [-0.2, 0) is 6.54 Å². The van der Waals surface area contributed by atoms with E-state index in [4.69, 9.17) is 21.8 Å². The third-order valence-corrected chi connectivity index (χ3v) is 2.89. The Hall–Kier alpha value is -0.130. The van der Waals surface area contributed by atoms with Crippen molar-refractivity contribution in [2.75, 3.05) is 13.2 Å². The van der Waals surface area contributed by atoms with Gasteiger partial charge in [0.2, 0.25) is 0 Å². The first-order chi connectivity index (χ1) is 7.13. The maximum atomic E-state index is 9.10. The molecule has 0 spiro atoms. The normalized spacial score (nSPS) is 12.8. The second kappa shape index (κ2) is 6.45. The minimum atomic E-state index is -0.712. The molecule has 0 aliphatic rings. The summed E-state index contributed by atoms with van der Waals surface area (Å²) in [7, 11) is 0. The number of benzene rings is 1. The van der Waals surface area contributed by atoms with Crippen LogP contribution in [0.15, 0.2) is 22.7 Å². The lowest BCUT2D eigenvalue weighted by Crippen LogP contribution is -2.29. The summed E-state index contributed by atoms with van der Waals surface area (Å²) < 4.78 is 0.931. The molecule has 0 saturated carbocycles. The standard InChI is InChI=1S/C10H13BrClNO2/c11-10-3-8(12)2-1-7(10)4-13-5-9(15)6-14/h1-3,9,13-15H,4-6H2. The zero-order valence-electron chi connectivity index (χ0n) is 8.08. The number of hydrogen-bond donors (Lipinski definition) is 3. The van der Waals surface area contributed by atoms with Crippen LogP contribution in [0.3, 0.4) is 0 Å². The molecule has 84 valence electrons. The Morgan fingerprint density at radius 2 is 2.20 bits per heavy atom. The van der Waals surface area contributed by atoms with E-state index in [1.54, 1.807) is 0 Å². The van der Waals surface area contributed by atoms with Crippen molar-refractivity contribution in [1.29, 1.82) is 0 Å². The average Bonchev–Trinajstić information content (AvgIpc) is 2.21. The molecule has 15 heavy (non-hydrogen) atoms. The van der Waals surface area contributed by atoms with Crippen LogP contribution in [0.2, 0.25) is 5.02 Å². The SMILES string of the molecule is OCC(O)CNCc1ccc(Cl)cc1Br. The third-order valence-electron chi connectivity index (χ3n) is 1.92. The van der Waals surface area contributed by atoms with Crippen LogP contribution in [0.4, 0.5) is 0 Å². The number of halogens is 2. The molecule has 0 fully saturated rings. The first kappa shape index (κ1) is 12.9. The lowest BCUT2D eigenvalue weighted by atomic mass is 10.2. The van der Waals surface area contributed by atoms with Crippen molar-refractivity contribution >= 4 is 27.5 Å². The van der Waals surface area contributed by atoms with Gasteiger partial charge in [-0.05, 0) is 17.7 Å². The summed E-state index contributed by atoms with van der Waals surface area (Å²) >= 11 is 9.20. The Bertz CT molecular complexity index is 322. The van der Waals surface area contributed by atoms with Gasteiger partial charge in [-0.25, -0.2) is 0 Å². The van der Waals surface area contributed by atoms with E-state index in [1.165, 1.54) is 0 Å². The fourth-order valence-corrected chi connectivity index (χ4v) is 1.93. The number of aliphatic hydroxyl groups excluding tert-OH is 2. The fraction of sp³-hybridized carbons (Fsp3) is 0.400. The number of aliphatic hydroxyl groups is 2. The molecule has 0 amide bonds. The summed E-state index contributed by atoms with van der Waals surface area (Å²) in [4.78, 5) is 0. The summed E-state index contributed by atoms with van der Waals surface area (Å²) in [6, 6.07) is 5.54. The Morgan fingerprint density at radius 3 is 2.80 bits per heavy atom. The minimum Gasteiger partial charge on any atom is -0.394 e. The molecule has 3 N–H and O–H groups in total. The third kappa shape index (κ3) is 4.49. The van der Waals surface area contributed by atoms with Gasteiger partial charge in [-0.15, -0.1) is 0 Å². The Kier molecular flexibility index (Phi) is 5.56. The molecule has 1 unspecified atom stereocenters. The molecule has 0 heterocycles. The van der Waals surface area contributed by atoms with Gasteiger partial charge in [-0.3, -0.25) is 0 Å². The van der Waals surface area contributed by atoms with Gasteiger partial charge < -0.3 is 15.5 Å². The molecule has 1 rings (SSSR count). The van der Waals surface area contributed by atoms with Gasteiger partial charge in [0.1, 0.15) is 0 Å². The molecule has 0 bridgehead atoms. The minimum absolute atomic E-state index is 0.227. The quantitative estimate of drug-likeness (QED) is 0.772. The topological polar surface area (TPSA) is 52.5 Å². The predicted molar refractivity (Wildman–Crippen MR) is 64.0 cm³/mol. The highest BCUT2D eigenvalue weighted by molar-refractivity contribution is 9.10. The van der Waals surface area contributed by atoms with Crippen LogP contribution < -0.4 is 5.32 Å². The Labute approximate surface area is 102 Å². The number of nitrogens with one attached hydrogen (secondary N) is 1. The van der Waals surface area contributed by atoms with Crippen molar-refractivity contribution in [3.8, 4) is 0 Å². The molecule has 0 aromatic heterocycles. The van der Waals surface area contributed by atoms with Crippen molar-refractivity contribution in [3.63, 3.8) is 0 Å². The van der Waals surface area contributed by atoms with Gasteiger partial charge >= 0.3 is 0 Å². The van der Waals surface area contributed by atoms with Gasteiger partial charge in [0.05, 0.1) is 12.7 Å². The molecule has 5 heteroatoms. The average molecular weight is 295 g/mol. The first-order valence-corrected chi connectivity index (χ1v) is 5.74. The summed E-state index contributed by atoms with van der Waals surface area (Å²) in [6.07, 6.45) is -0.712. The van der Waals surface area contributed by atoms with Gasteiger partial charge in [-0.1, -0.05) is 33.6 Å². The summed E-state index contributed by atoms with van der Waals surface area (Å²) in [5, 5.41) is 21.4. The molecular weight excluding hydrogens is 281 g/mol. The lowest BCUT2D eigenvalue weighted by molar-refractivity contribution is 0.0942. The van der Waals surface area contributed by atoms with Crippen molar-refractivity contribution in [2.45, 2.75) is 12.6 Å². The molecule has 0 radical (unpaired) electrons. The van der Waals surface area contributed by atoms with E-state index in [0.29, 0.717) is 18.1 Å². The molecule has 0 saturated heterocycles. The van der Waals surface area contributed by atoms with Crippen molar-refractivity contribution in [1.82, 2.24) is 5.32 Å². The summed E-state index contributed by atoms with van der Waals surface area (Å²) in [5.41, 5.74) is 1.06. The van der Waals surface area contributed by atoms with E-state index in [-0.39, 0.29) is 6.61 Å². The lowest BCUT2D eigenvalue weighted by Gasteiger charge is -2.10. The smallest absolute Gasteiger partial charge is 0.0895 e. The summed E-state index contributed by atoms with van der Waals surface area (Å²) in [6.45, 7) is 0.759. The van der Waals surface area contributed by atoms with Crippen LogP contribution >= 0.6 is 27.5 Å². The van der Waals surface area contributed by atoms with Gasteiger partial charge in [0, 0.05) is 22.6 Å². The predicted octanol–water partition coefficient (Wildman–Crippen LogP) is 1.55. The van der Waals surface area contributed by atoms with E-state index in [1.807, 2.05) is 18.2 Å². The molecule has 0 aliphatic heterocycles. The van der Waals surface area contributed by atoms with E-state index < -0.39 is 6.10 Å². The van der Waals surface area contributed by atoms with Crippen LogP contribution in [-0.4, -0.2) is 29.5 Å². The molecule has 3 nitrogen and oxygen atoms in total. The van der Waals surface area contributed by atoms with E-state index in [2.05, 4.69) is 21.2 Å². The molecular formula is C10H13BrClNO2. The number of hydrogen-bond acceptors (Lipinski definition) is 3. The highest BCUT2D eigenvalue weighted by Crippen LogP contribution is 2.21. The second-order valence-corrected chi connectivity index (χ2v) is 4.49. The zero-order valence-corrected chi connectivity index (χ0v) is 10.4. The van der Waals surface area contributed by atoms with Crippen LogP contribution in [0, 0.1) is 0 Å². The molecule has 1 atom stereocenters. The first-order valence-electron chi connectivity index (χ1n) is 4.57. The molecule has 0 aliphatic carbocycles. The number of rotatable bonds is 5. The highest BCUT2D eigenvalue weighted by Gasteiger charge is 2.03. The zero-order chi connectivity index (χ0) is 11.3. The second-order valence-electron chi connectivity index (χ2n) is 3.20. The molecule has 1 aromatic rings. The fourth-order valence-electron chi connectivity index (χ4n) is 1.10. The maximum absolute atomic E-state index is 9.10. The van der Waals surface area contributed by atoms with Crippen LogP contribution in [0.1, 0.15) is 5.56 Å². The van der Waals surface area contributed by atoms with Crippen LogP contribution in [0.5, 0.6) is 0 Å². The van der Waals surface area contributed by atoms with Crippen molar-refractivity contribution in [3.05, 3.63) is 33.3 Å². The van der Waals surface area contributed by atoms with Gasteiger partial charge in [0.15, 0.2) is 0 Å².